The van der Waals surface area contributed by atoms with E-state index < -0.39 is 0 Å². The molecule has 6 rings (SSSR count). The van der Waals surface area contributed by atoms with Crippen LogP contribution in [0.1, 0.15) is 46.1 Å². The Morgan fingerprint density at radius 2 is 1.84 bits per heavy atom. The third kappa shape index (κ3) is 2.32. The predicted molar refractivity (Wildman–Crippen MR) is 128 cm³/mol. The van der Waals surface area contributed by atoms with Crippen LogP contribution in [-0.2, 0) is 0 Å². The maximum absolute atomic E-state index is 10.2. The number of aromatic amines is 1. The molecule has 1 aromatic heterocycles. The fraction of sp³-hybridized carbons (Fsp3) is 0.138. The lowest BCUT2D eigenvalue weighted by atomic mass is 9.60. The number of nitriles is 1. The lowest BCUT2D eigenvalue weighted by Gasteiger charge is -2.42. The molecule has 2 nitrogen and oxygen atoms in total. The second kappa shape index (κ2) is 6.59. The van der Waals surface area contributed by atoms with Crippen molar-refractivity contribution in [1.29, 1.82) is 5.26 Å². The molecule has 31 heavy (non-hydrogen) atoms. The summed E-state index contributed by atoms with van der Waals surface area (Å²) < 4.78 is 0. The highest BCUT2D eigenvalue weighted by Gasteiger charge is 2.42. The molecule has 0 radical (unpaired) electrons. The number of allylic oxidation sites excluding steroid dienone is 4. The smallest absolute Gasteiger partial charge is 0.0995 e. The number of aromatic nitrogens is 1. The molecule has 0 bridgehead atoms. The van der Waals surface area contributed by atoms with Gasteiger partial charge in [0.15, 0.2) is 0 Å². The van der Waals surface area contributed by atoms with Crippen LogP contribution in [0.25, 0.3) is 27.4 Å². The summed E-state index contributed by atoms with van der Waals surface area (Å²) in [7, 11) is 0. The highest BCUT2D eigenvalue weighted by Crippen LogP contribution is 2.59. The van der Waals surface area contributed by atoms with Crippen molar-refractivity contribution < 1.29 is 0 Å². The van der Waals surface area contributed by atoms with E-state index in [9.17, 15) is 5.26 Å². The van der Waals surface area contributed by atoms with Crippen LogP contribution in [0.4, 0.5) is 0 Å². The highest BCUT2D eigenvalue weighted by molar-refractivity contribution is 6.12. The fourth-order valence-corrected chi connectivity index (χ4v) is 5.76. The number of para-hydroxylation sites is 1. The van der Waals surface area contributed by atoms with Gasteiger partial charge in [0.1, 0.15) is 0 Å². The molecule has 1 heterocycles. The number of nitrogens with zero attached hydrogens (tertiary/aromatic N) is 1. The summed E-state index contributed by atoms with van der Waals surface area (Å²) in [6.45, 7) is 8.10. The SMILES string of the molecule is C=CCC(C=C)C1C=C2c3ccccc3C2c2c1c(C#N)cc1[nH]c3ccccc3c21. The van der Waals surface area contributed by atoms with Crippen molar-refractivity contribution in [3.8, 4) is 6.07 Å². The number of H-pyrrole nitrogens is 1. The van der Waals surface area contributed by atoms with Crippen LogP contribution in [0.15, 0.2) is 86.0 Å². The number of benzene rings is 3. The summed E-state index contributed by atoms with van der Waals surface area (Å²) in [6.07, 6.45) is 7.22. The van der Waals surface area contributed by atoms with E-state index in [1.165, 1.54) is 33.0 Å². The van der Waals surface area contributed by atoms with Gasteiger partial charge in [0.25, 0.3) is 0 Å². The van der Waals surface area contributed by atoms with E-state index in [-0.39, 0.29) is 17.8 Å². The van der Waals surface area contributed by atoms with Gasteiger partial charge in [-0.15, -0.1) is 13.2 Å². The molecule has 0 amide bonds. The normalized spacial score (nSPS) is 19.4. The Balaban J connectivity index is 1.77. The molecule has 0 saturated carbocycles. The number of fused-ring (bicyclic) bond motifs is 10. The van der Waals surface area contributed by atoms with Crippen LogP contribution < -0.4 is 0 Å². The summed E-state index contributed by atoms with van der Waals surface area (Å²) in [6, 6.07) is 21.7. The van der Waals surface area contributed by atoms with Gasteiger partial charge in [0.05, 0.1) is 11.6 Å². The van der Waals surface area contributed by atoms with E-state index in [1.54, 1.807) is 0 Å². The summed E-state index contributed by atoms with van der Waals surface area (Å²) >= 11 is 0. The second-order valence-corrected chi connectivity index (χ2v) is 8.55. The van der Waals surface area contributed by atoms with Crippen molar-refractivity contribution in [2.75, 3.05) is 0 Å². The second-order valence-electron chi connectivity index (χ2n) is 8.55. The minimum atomic E-state index is 0.109. The molecule has 2 aliphatic rings. The minimum Gasteiger partial charge on any atom is -0.354 e. The molecule has 4 aromatic rings. The lowest BCUT2D eigenvalue weighted by Crippen LogP contribution is -2.27. The van der Waals surface area contributed by atoms with Gasteiger partial charge in [-0.2, -0.15) is 5.26 Å². The topological polar surface area (TPSA) is 39.6 Å². The first-order chi connectivity index (χ1) is 15.3. The first-order valence-electron chi connectivity index (χ1n) is 10.8. The molecular formula is C29H22N2. The predicted octanol–water partition coefficient (Wildman–Crippen LogP) is 7.20. The van der Waals surface area contributed by atoms with Gasteiger partial charge in [0, 0.05) is 33.6 Å². The van der Waals surface area contributed by atoms with E-state index in [1.807, 2.05) is 18.2 Å². The summed E-state index contributed by atoms with van der Waals surface area (Å²) in [5.41, 5.74) is 9.44. The Labute approximate surface area is 181 Å². The van der Waals surface area contributed by atoms with Gasteiger partial charge in [-0.05, 0) is 52.3 Å². The van der Waals surface area contributed by atoms with Gasteiger partial charge in [0.2, 0.25) is 0 Å². The zero-order valence-electron chi connectivity index (χ0n) is 17.2. The van der Waals surface area contributed by atoms with E-state index in [0.29, 0.717) is 0 Å². The molecule has 3 atom stereocenters. The van der Waals surface area contributed by atoms with Crippen LogP contribution in [-0.4, -0.2) is 4.98 Å². The number of hydrogen-bond acceptors (Lipinski definition) is 1. The van der Waals surface area contributed by atoms with Gasteiger partial charge in [-0.1, -0.05) is 60.7 Å². The van der Waals surface area contributed by atoms with Gasteiger partial charge in [-0.3, -0.25) is 0 Å². The quantitative estimate of drug-likeness (QED) is 0.363. The van der Waals surface area contributed by atoms with Crippen molar-refractivity contribution in [2.24, 2.45) is 5.92 Å². The molecule has 1 N–H and O–H groups in total. The highest BCUT2D eigenvalue weighted by atomic mass is 14.7. The van der Waals surface area contributed by atoms with Crippen molar-refractivity contribution >= 4 is 27.4 Å². The largest absolute Gasteiger partial charge is 0.354 e. The summed E-state index contributed by atoms with van der Waals surface area (Å²) in [5.74, 6) is 0.525. The number of nitrogens with one attached hydrogen (secondary N) is 1. The third-order valence-electron chi connectivity index (χ3n) is 7.07. The van der Waals surface area contributed by atoms with Crippen molar-refractivity contribution in [2.45, 2.75) is 18.3 Å². The molecule has 2 heteroatoms. The zero-order chi connectivity index (χ0) is 21.1. The standard InChI is InChI=1S/C29H22N2/c1-3-9-17(4-2)22-15-23-19-10-5-6-11-20(19)27(23)29-26(22)18(16-30)14-25-28(29)21-12-7-8-13-24(21)31-25/h3-8,10-15,17,22,27,31H,1-2,9H2. The van der Waals surface area contributed by atoms with Crippen LogP contribution in [0.3, 0.4) is 0 Å². The Morgan fingerprint density at radius 1 is 1.03 bits per heavy atom. The Hall–Kier alpha value is -3.83. The molecule has 148 valence electrons. The minimum absolute atomic E-state index is 0.109. The average Bonchev–Trinajstić information content (AvgIpc) is 3.18. The van der Waals surface area contributed by atoms with E-state index in [2.05, 4.69) is 78.8 Å². The molecule has 2 aliphatic carbocycles. The van der Waals surface area contributed by atoms with Gasteiger partial charge in [-0.25, -0.2) is 0 Å². The molecule has 0 fully saturated rings. The first-order valence-corrected chi connectivity index (χ1v) is 10.8. The van der Waals surface area contributed by atoms with E-state index in [0.717, 1.165) is 28.6 Å². The van der Waals surface area contributed by atoms with Crippen molar-refractivity contribution in [1.82, 2.24) is 4.98 Å². The molecule has 0 aliphatic heterocycles. The van der Waals surface area contributed by atoms with Crippen molar-refractivity contribution in [3.63, 3.8) is 0 Å². The molecule has 3 aromatic carbocycles. The maximum Gasteiger partial charge on any atom is 0.0995 e. The van der Waals surface area contributed by atoms with Crippen LogP contribution in [0.5, 0.6) is 0 Å². The van der Waals surface area contributed by atoms with Gasteiger partial charge >= 0.3 is 0 Å². The Bertz CT molecular complexity index is 1470. The van der Waals surface area contributed by atoms with Gasteiger partial charge < -0.3 is 4.98 Å². The Morgan fingerprint density at radius 3 is 2.65 bits per heavy atom. The monoisotopic (exact) mass is 398 g/mol. The maximum atomic E-state index is 10.2. The van der Waals surface area contributed by atoms with Crippen LogP contribution >= 0.6 is 0 Å². The fourth-order valence-electron chi connectivity index (χ4n) is 5.76. The molecular weight excluding hydrogens is 376 g/mol. The Kier molecular flexibility index (Phi) is 3.82. The van der Waals surface area contributed by atoms with E-state index >= 15 is 0 Å². The van der Waals surface area contributed by atoms with E-state index in [4.69, 9.17) is 0 Å². The van der Waals surface area contributed by atoms with Crippen LogP contribution in [0, 0.1) is 17.2 Å². The molecule has 0 spiro atoms. The third-order valence-corrected chi connectivity index (χ3v) is 7.07. The zero-order valence-corrected chi connectivity index (χ0v) is 17.2. The van der Waals surface area contributed by atoms with Crippen molar-refractivity contribution in [3.05, 3.63) is 114 Å². The number of hydrogen-bond donors (Lipinski definition) is 1. The van der Waals surface area contributed by atoms with Crippen LogP contribution in [0.2, 0.25) is 0 Å². The summed E-state index contributed by atoms with van der Waals surface area (Å²) in [5, 5.41) is 12.6. The first kappa shape index (κ1) is 18.0. The molecule has 3 unspecified atom stereocenters. The molecule has 0 saturated heterocycles. The summed E-state index contributed by atoms with van der Waals surface area (Å²) in [4.78, 5) is 3.56. The lowest BCUT2D eigenvalue weighted by molar-refractivity contribution is 0.579. The average molecular weight is 399 g/mol. The number of rotatable bonds is 4.